The molecule has 0 saturated heterocycles. The van der Waals surface area contributed by atoms with Gasteiger partial charge in [-0.3, -0.25) is 0 Å². The fourth-order valence-electron chi connectivity index (χ4n) is 1.73. The van der Waals surface area contributed by atoms with Crippen molar-refractivity contribution in [3.8, 4) is 0 Å². The topological polar surface area (TPSA) is 26.0 Å². The van der Waals surface area contributed by atoms with E-state index in [9.17, 15) is 0 Å². The van der Waals surface area contributed by atoms with Gasteiger partial charge in [-0.25, -0.2) is 0 Å². The second kappa shape index (κ2) is 3.75. The van der Waals surface area contributed by atoms with Crippen LogP contribution in [0.15, 0.2) is 18.7 Å². The lowest BCUT2D eigenvalue weighted by molar-refractivity contribution is 0.806. The summed E-state index contributed by atoms with van der Waals surface area (Å²) in [7, 11) is 0. The molecule has 0 spiro atoms. The molecule has 0 aliphatic rings. The highest BCUT2D eigenvalue weighted by Gasteiger charge is 2.09. The summed E-state index contributed by atoms with van der Waals surface area (Å²) in [5, 5.41) is 0. The molecule has 1 atom stereocenters. The molecule has 1 rings (SSSR count). The Kier molecular flexibility index (Phi) is 2.89. The first-order valence-electron chi connectivity index (χ1n) is 4.56. The zero-order valence-electron chi connectivity index (χ0n) is 8.59. The van der Waals surface area contributed by atoms with Gasteiger partial charge in [0, 0.05) is 6.04 Å². The molecule has 0 aliphatic carbocycles. The maximum atomic E-state index is 5.91. The van der Waals surface area contributed by atoms with Gasteiger partial charge in [0.15, 0.2) is 0 Å². The van der Waals surface area contributed by atoms with Gasteiger partial charge < -0.3 is 5.73 Å². The minimum Gasteiger partial charge on any atom is -0.324 e. The highest BCUT2D eigenvalue weighted by atomic mass is 14.6. The predicted octanol–water partition coefficient (Wildman–Crippen LogP) is 2.97. The standard InChI is InChI=1S/C12H17N/c1-5-11-8(2)6-7-9(3)12(11)10(4)13/h5-7,10H,1,13H2,2-4H3. The number of hydrogen-bond acceptors (Lipinski definition) is 1. The largest absolute Gasteiger partial charge is 0.324 e. The molecule has 1 unspecified atom stereocenters. The highest BCUT2D eigenvalue weighted by molar-refractivity contribution is 5.59. The van der Waals surface area contributed by atoms with Crippen LogP contribution in [-0.2, 0) is 0 Å². The summed E-state index contributed by atoms with van der Waals surface area (Å²) in [6, 6.07) is 4.30. The summed E-state index contributed by atoms with van der Waals surface area (Å²) in [5.74, 6) is 0. The Morgan fingerprint density at radius 3 is 2.23 bits per heavy atom. The SMILES string of the molecule is C=Cc1c(C)ccc(C)c1C(C)N. The third-order valence-electron chi connectivity index (χ3n) is 2.38. The van der Waals surface area contributed by atoms with Crippen LogP contribution in [0.3, 0.4) is 0 Å². The van der Waals surface area contributed by atoms with Gasteiger partial charge in [-0.1, -0.05) is 24.8 Å². The lowest BCUT2D eigenvalue weighted by Crippen LogP contribution is -2.09. The molecular weight excluding hydrogens is 158 g/mol. The fraction of sp³-hybridized carbons (Fsp3) is 0.333. The van der Waals surface area contributed by atoms with Crippen molar-refractivity contribution in [2.45, 2.75) is 26.8 Å². The van der Waals surface area contributed by atoms with Crippen molar-refractivity contribution >= 4 is 6.08 Å². The molecule has 0 saturated carbocycles. The Hall–Kier alpha value is -1.08. The van der Waals surface area contributed by atoms with E-state index in [2.05, 4.69) is 32.6 Å². The Morgan fingerprint density at radius 2 is 1.85 bits per heavy atom. The number of rotatable bonds is 2. The summed E-state index contributed by atoms with van der Waals surface area (Å²) >= 11 is 0. The van der Waals surface area contributed by atoms with Crippen molar-refractivity contribution in [2.75, 3.05) is 0 Å². The lowest BCUT2D eigenvalue weighted by Gasteiger charge is -2.15. The second-order valence-corrected chi connectivity index (χ2v) is 3.52. The quantitative estimate of drug-likeness (QED) is 0.734. The number of hydrogen-bond donors (Lipinski definition) is 1. The maximum Gasteiger partial charge on any atom is 0.0274 e. The van der Waals surface area contributed by atoms with Crippen molar-refractivity contribution < 1.29 is 0 Å². The summed E-state index contributed by atoms with van der Waals surface area (Å²) < 4.78 is 0. The predicted molar refractivity (Wildman–Crippen MR) is 58.6 cm³/mol. The van der Waals surface area contributed by atoms with Gasteiger partial charge in [0.05, 0.1) is 0 Å². The molecule has 1 aromatic rings. The minimum atomic E-state index is 0.0768. The highest BCUT2D eigenvalue weighted by Crippen LogP contribution is 2.24. The van der Waals surface area contributed by atoms with Gasteiger partial charge in [-0.2, -0.15) is 0 Å². The van der Waals surface area contributed by atoms with E-state index in [4.69, 9.17) is 5.73 Å². The van der Waals surface area contributed by atoms with E-state index in [0.717, 1.165) is 0 Å². The van der Waals surface area contributed by atoms with Gasteiger partial charge in [0.25, 0.3) is 0 Å². The normalized spacial score (nSPS) is 12.6. The molecule has 0 aliphatic heterocycles. The molecule has 0 fully saturated rings. The molecule has 13 heavy (non-hydrogen) atoms. The van der Waals surface area contributed by atoms with E-state index < -0.39 is 0 Å². The minimum absolute atomic E-state index is 0.0768. The van der Waals surface area contributed by atoms with Gasteiger partial charge in [0.1, 0.15) is 0 Å². The summed E-state index contributed by atoms with van der Waals surface area (Å²) in [4.78, 5) is 0. The van der Waals surface area contributed by atoms with Crippen LogP contribution in [-0.4, -0.2) is 0 Å². The first-order chi connectivity index (χ1) is 6.07. The zero-order chi connectivity index (χ0) is 10.0. The second-order valence-electron chi connectivity index (χ2n) is 3.52. The van der Waals surface area contributed by atoms with Crippen LogP contribution in [0.5, 0.6) is 0 Å². The Labute approximate surface area is 80.3 Å². The van der Waals surface area contributed by atoms with Crippen LogP contribution in [0.4, 0.5) is 0 Å². The molecule has 2 N–H and O–H groups in total. The molecule has 0 aromatic heterocycles. The fourth-order valence-corrected chi connectivity index (χ4v) is 1.73. The number of nitrogens with two attached hydrogens (primary N) is 1. The number of aryl methyl sites for hydroxylation is 2. The van der Waals surface area contributed by atoms with Crippen molar-refractivity contribution in [3.63, 3.8) is 0 Å². The number of benzene rings is 1. The van der Waals surface area contributed by atoms with Crippen molar-refractivity contribution in [2.24, 2.45) is 5.73 Å². The van der Waals surface area contributed by atoms with Crippen LogP contribution in [0.2, 0.25) is 0 Å². The van der Waals surface area contributed by atoms with E-state index in [1.165, 1.54) is 22.3 Å². The van der Waals surface area contributed by atoms with Crippen LogP contribution >= 0.6 is 0 Å². The summed E-state index contributed by atoms with van der Waals surface area (Å²) in [6.45, 7) is 10.0. The molecule has 0 heterocycles. The first kappa shape index (κ1) is 10.0. The smallest absolute Gasteiger partial charge is 0.0274 e. The molecule has 0 radical (unpaired) electrons. The first-order valence-corrected chi connectivity index (χ1v) is 4.56. The van der Waals surface area contributed by atoms with Gasteiger partial charge in [-0.05, 0) is 43.0 Å². The van der Waals surface area contributed by atoms with E-state index in [1.54, 1.807) is 0 Å². The summed E-state index contributed by atoms with van der Waals surface area (Å²) in [5.41, 5.74) is 10.8. The zero-order valence-corrected chi connectivity index (χ0v) is 8.59. The monoisotopic (exact) mass is 175 g/mol. The Balaban J connectivity index is 3.43. The third-order valence-corrected chi connectivity index (χ3v) is 2.38. The average Bonchev–Trinajstić information content (AvgIpc) is 2.07. The Bertz CT molecular complexity index is 324. The molecule has 70 valence electrons. The van der Waals surface area contributed by atoms with Gasteiger partial charge in [-0.15, -0.1) is 0 Å². The molecule has 0 bridgehead atoms. The van der Waals surface area contributed by atoms with E-state index in [0.29, 0.717) is 0 Å². The molecule has 1 heteroatoms. The van der Waals surface area contributed by atoms with Crippen LogP contribution in [0.25, 0.3) is 6.08 Å². The van der Waals surface area contributed by atoms with Crippen LogP contribution in [0, 0.1) is 13.8 Å². The van der Waals surface area contributed by atoms with E-state index in [1.807, 2.05) is 13.0 Å². The summed E-state index contributed by atoms with van der Waals surface area (Å²) in [6.07, 6.45) is 1.89. The molecule has 0 amide bonds. The van der Waals surface area contributed by atoms with Crippen LogP contribution in [0.1, 0.15) is 35.2 Å². The lowest BCUT2D eigenvalue weighted by atomic mass is 9.93. The third kappa shape index (κ3) is 1.81. The van der Waals surface area contributed by atoms with Crippen molar-refractivity contribution in [1.29, 1.82) is 0 Å². The van der Waals surface area contributed by atoms with Gasteiger partial charge >= 0.3 is 0 Å². The molecule has 1 nitrogen and oxygen atoms in total. The Morgan fingerprint density at radius 1 is 1.31 bits per heavy atom. The average molecular weight is 175 g/mol. The van der Waals surface area contributed by atoms with Gasteiger partial charge in [0.2, 0.25) is 0 Å². The van der Waals surface area contributed by atoms with E-state index >= 15 is 0 Å². The maximum absolute atomic E-state index is 5.91. The van der Waals surface area contributed by atoms with Crippen molar-refractivity contribution in [1.82, 2.24) is 0 Å². The molecule has 1 aromatic carbocycles. The van der Waals surface area contributed by atoms with E-state index in [-0.39, 0.29) is 6.04 Å². The van der Waals surface area contributed by atoms with Crippen molar-refractivity contribution in [3.05, 3.63) is 41.0 Å². The van der Waals surface area contributed by atoms with Crippen LogP contribution < -0.4 is 5.73 Å². The molecular formula is C12H17N.